The Labute approximate surface area is 305 Å². The van der Waals surface area contributed by atoms with Gasteiger partial charge < -0.3 is 4.57 Å². The Bertz CT molecular complexity index is 3230. The highest BCUT2D eigenvalue weighted by Crippen LogP contribution is 2.41. The van der Waals surface area contributed by atoms with Crippen LogP contribution < -0.4 is 0 Å². The monoisotopic (exact) mass is 674 g/mol. The van der Waals surface area contributed by atoms with Gasteiger partial charge >= 0.3 is 0 Å². The number of rotatable bonds is 4. The van der Waals surface area contributed by atoms with Crippen LogP contribution in [0.1, 0.15) is 0 Å². The third-order valence-corrected chi connectivity index (χ3v) is 10.6. The highest BCUT2D eigenvalue weighted by molar-refractivity contribution is 6.18. The van der Waals surface area contributed by atoms with Crippen molar-refractivity contribution >= 4 is 65.2 Å². The number of hydrogen-bond donors (Lipinski definition) is 0. The second kappa shape index (κ2) is 11.7. The van der Waals surface area contributed by atoms with Gasteiger partial charge in [-0.25, -0.2) is 9.97 Å². The van der Waals surface area contributed by atoms with Gasteiger partial charge in [-0.3, -0.25) is 4.98 Å². The van der Waals surface area contributed by atoms with Crippen molar-refractivity contribution in [1.82, 2.24) is 19.5 Å². The van der Waals surface area contributed by atoms with Gasteiger partial charge in [0, 0.05) is 33.8 Å². The molecule has 0 spiro atoms. The van der Waals surface area contributed by atoms with E-state index in [9.17, 15) is 0 Å². The largest absolute Gasteiger partial charge is 0.309 e. The molecule has 3 heterocycles. The third kappa shape index (κ3) is 4.80. The fraction of sp³-hybridized carbons (Fsp3) is 0. The van der Waals surface area contributed by atoms with Crippen LogP contribution in [0.15, 0.2) is 182 Å². The molecule has 0 aliphatic rings. The van der Waals surface area contributed by atoms with Crippen LogP contribution in [0, 0.1) is 0 Å². The molecule has 8 aromatic carbocycles. The second-order valence-electron chi connectivity index (χ2n) is 13.7. The van der Waals surface area contributed by atoms with Crippen LogP contribution >= 0.6 is 0 Å². The molecule has 0 unspecified atom stereocenters. The molecule has 4 heteroatoms. The maximum absolute atomic E-state index is 5.16. The van der Waals surface area contributed by atoms with E-state index in [1.807, 2.05) is 18.3 Å². The van der Waals surface area contributed by atoms with Crippen LogP contribution in [0.5, 0.6) is 0 Å². The molecule has 246 valence electrons. The van der Waals surface area contributed by atoms with E-state index in [2.05, 4.69) is 168 Å². The third-order valence-electron chi connectivity index (χ3n) is 10.6. The molecule has 0 aliphatic carbocycles. The van der Waals surface area contributed by atoms with Crippen LogP contribution in [-0.2, 0) is 0 Å². The van der Waals surface area contributed by atoms with Crippen molar-refractivity contribution in [2.45, 2.75) is 0 Å². The van der Waals surface area contributed by atoms with Crippen molar-refractivity contribution in [3.05, 3.63) is 182 Å². The molecular formula is C49H30N4. The minimum atomic E-state index is 0.683. The number of aromatic nitrogens is 4. The van der Waals surface area contributed by atoms with Crippen LogP contribution in [0.25, 0.3) is 105 Å². The Hall–Kier alpha value is -7.17. The molecule has 3 aromatic heterocycles. The summed E-state index contributed by atoms with van der Waals surface area (Å²) in [5.41, 5.74) is 10.4. The Morgan fingerprint density at radius 2 is 1.09 bits per heavy atom. The average molecular weight is 675 g/mol. The highest BCUT2D eigenvalue weighted by atomic mass is 15.0. The molecular weight excluding hydrogens is 645 g/mol. The summed E-state index contributed by atoms with van der Waals surface area (Å²) in [6.45, 7) is 0. The van der Waals surface area contributed by atoms with Gasteiger partial charge in [0.25, 0.3) is 0 Å². The van der Waals surface area contributed by atoms with Gasteiger partial charge in [0.15, 0.2) is 5.82 Å². The molecule has 0 bridgehead atoms. The molecule has 0 saturated carbocycles. The first kappa shape index (κ1) is 29.5. The first-order valence-electron chi connectivity index (χ1n) is 17.9. The summed E-state index contributed by atoms with van der Waals surface area (Å²) in [4.78, 5) is 14.9. The van der Waals surface area contributed by atoms with E-state index in [-0.39, 0.29) is 0 Å². The van der Waals surface area contributed by atoms with Gasteiger partial charge in [-0.15, -0.1) is 0 Å². The highest BCUT2D eigenvalue weighted by Gasteiger charge is 2.18. The van der Waals surface area contributed by atoms with Gasteiger partial charge in [-0.05, 0) is 98.0 Å². The first-order chi connectivity index (χ1) is 26.2. The molecule has 0 saturated heterocycles. The lowest BCUT2D eigenvalue weighted by atomic mass is 9.98. The molecule has 4 nitrogen and oxygen atoms in total. The smallest absolute Gasteiger partial charge is 0.160 e. The molecule has 53 heavy (non-hydrogen) atoms. The van der Waals surface area contributed by atoms with Crippen molar-refractivity contribution in [3.63, 3.8) is 0 Å². The standard InChI is InChI=1S/C49H30N4/c1-2-11-32(12-3-1)41-16-8-18-44-46(41)42-29-34-14-6-7-15-35(34)30-45(42)53(44)40-24-23-36-27-39(22-20-37(36)28-40)49-51-43-17-9-25-50-48(43)47(52-49)38-21-19-31-10-4-5-13-33(31)26-38/h1-30H. The summed E-state index contributed by atoms with van der Waals surface area (Å²) in [6, 6.07) is 62.8. The fourth-order valence-corrected chi connectivity index (χ4v) is 8.03. The Kier molecular flexibility index (Phi) is 6.52. The lowest BCUT2D eigenvalue weighted by Gasteiger charge is -2.12. The first-order valence-corrected chi connectivity index (χ1v) is 17.9. The summed E-state index contributed by atoms with van der Waals surface area (Å²) in [5.74, 6) is 0.683. The van der Waals surface area contributed by atoms with E-state index in [0.717, 1.165) is 44.3 Å². The molecule has 11 aromatic rings. The number of benzene rings is 8. The van der Waals surface area contributed by atoms with Gasteiger partial charge in [-0.1, -0.05) is 121 Å². The predicted octanol–water partition coefficient (Wildman–Crippen LogP) is 12.6. The summed E-state index contributed by atoms with van der Waals surface area (Å²) < 4.78 is 2.42. The van der Waals surface area contributed by atoms with E-state index in [1.165, 1.54) is 54.5 Å². The zero-order chi connectivity index (χ0) is 34.9. The van der Waals surface area contributed by atoms with Crippen molar-refractivity contribution in [2.75, 3.05) is 0 Å². The van der Waals surface area contributed by atoms with Gasteiger partial charge in [-0.2, -0.15) is 0 Å². The zero-order valence-electron chi connectivity index (χ0n) is 28.6. The number of nitrogens with zero attached hydrogens (tertiary/aromatic N) is 4. The molecule has 0 radical (unpaired) electrons. The van der Waals surface area contributed by atoms with Crippen LogP contribution in [0.2, 0.25) is 0 Å². The van der Waals surface area contributed by atoms with E-state index in [1.54, 1.807) is 0 Å². The van der Waals surface area contributed by atoms with E-state index in [0.29, 0.717) is 5.82 Å². The normalized spacial score (nSPS) is 11.8. The van der Waals surface area contributed by atoms with E-state index >= 15 is 0 Å². The molecule has 0 N–H and O–H groups in total. The molecule has 0 atom stereocenters. The molecule has 0 amide bonds. The maximum atomic E-state index is 5.16. The van der Waals surface area contributed by atoms with Crippen molar-refractivity contribution in [3.8, 4) is 39.5 Å². The second-order valence-corrected chi connectivity index (χ2v) is 13.7. The van der Waals surface area contributed by atoms with Crippen molar-refractivity contribution < 1.29 is 0 Å². The maximum Gasteiger partial charge on any atom is 0.160 e. The van der Waals surface area contributed by atoms with Crippen LogP contribution in [0.3, 0.4) is 0 Å². The summed E-state index contributed by atoms with van der Waals surface area (Å²) >= 11 is 0. The summed E-state index contributed by atoms with van der Waals surface area (Å²) in [6.07, 6.45) is 1.81. The quantitative estimate of drug-likeness (QED) is 0.187. The lowest BCUT2D eigenvalue weighted by Crippen LogP contribution is -1.97. The molecule has 0 aliphatic heterocycles. The average Bonchev–Trinajstić information content (AvgIpc) is 3.55. The Balaban J connectivity index is 1.07. The Morgan fingerprint density at radius 1 is 0.415 bits per heavy atom. The lowest BCUT2D eigenvalue weighted by molar-refractivity contribution is 1.19. The number of hydrogen-bond acceptors (Lipinski definition) is 3. The Morgan fingerprint density at radius 3 is 1.96 bits per heavy atom. The summed E-state index contributed by atoms with van der Waals surface area (Å²) in [5, 5.41) is 9.63. The molecule has 0 fully saturated rings. The zero-order valence-corrected chi connectivity index (χ0v) is 28.6. The van der Waals surface area contributed by atoms with E-state index < -0.39 is 0 Å². The van der Waals surface area contributed by atoms with Gasteiger partial charge in [0.2, 0.25) is 0 Å². The molecule has 11 rings (SSSR count). The SMILES string of the molecule is c1ccc(-c2cccc3c2c2cc4ccccc4cc2n3-c2ccc3cc(-c4nc(-c5ccc6ccccc6c5)c5ncccc5n4)ccc3c2)cc1. The minimum absolute atomic E-state index is 0.683. The van der Waals surface area contributed by atoms with Crippen LogP contribution in [-0.4, -0.2) is 19.5 Å². The van der Waals surface area contributed by atoms with Crippen molar-refractivity contribution in [2.24, 2.45) is 0 Å². The van der Waals surface area contributed by atoms with Gasteiger partial charge in [0.05, 0.1) is 16.6 Å². The van der Waals surface area contributed by atoms with Gasteiger partial charge in [0.1, 0.15) is 11.2 Å². The van der Waals surface area contributed by atoms with E-state index in [4.69, 9.17) is 15.0 Å². The van der Waals surface area contributed by atoms with Crippen molar-refractivity contribution in [1.29, 1.82) is 0 Å². The fourth-order valence-electron chi connectivity index (χ4n) is 8.03. The minimum Gasteiger partial charge on any atom is -0.309 e. The number of pyridine rings is 1. The predicted molar refractivity (Wildman–Crippen MR) is 220 cm³/mol. The number of fused-ring (bicyclic) bond motifs is 7. The summed E-state index contributed by atoms with van der Waals surface area (Å²) in [7, 11) is 0. The van der Waals surface area contributed by atoms with Crippen LogP contribution in [0.4, 0.5) is 0 Å². The topological polar surface area (TPSA) is 43.6 Å².